The molecule has 0 unspecified atom stereocenters. The smallest absolute Gasteiger partial charge is 0.339 e. The maximum atomic E-state index is 13.2. The van der Waals surface area contributed by atoms with Crippen LogP contribution in [0.15, 0.2) is 15.1 Å². The lowest BCUT2D eigenvalue weighted by Gasteiger charge is -2.27. The van der Waals surface area contributed by atoms with E-state index in [1.807, 2.05) is 13.8 Å². The molecule has 0 aliphatic carbocycles. The first kappa shape index (κ1) is 32.7. The van der Waals surface area contributed by atoms with Gasteiger partial charge in [-0.15, -0.1) is 12.4 Å². The topological polar surface area (TPSA) is 170 Å². The zero-order valence-corrected chi connectivity index (χ0v) is 25.3. The molecule has 2 atom stereocenters. The van der Waals surface area contributed by atoms with Crippen molar-refractivity contribution in [3.63, 3.8) is 0 Å². The molecule has 2 heterocycles. The minimum atomic E-state index is -0.821. The molecule has 0 bridgehead atoms. The SMILES string of the molecule is COc1cc(O)c2c(c1Br)C(=O)OCCN(C(=O)[C@H](N)CC(C)C)CC(=O)N[C@H](c1nc(C)no1)CSC2.Cl. The van der Waals surface area contributed by atoms with Crippen LogP contribution >= 0.6 is 40.1 Å². The highest BCUT2D eigenvalue weighted by Crippen LogP contribution is 2.39. The Morgan fingerprint density at radius 2 is 2.13 bits per heavy atom. The molecule has 12 nitrogen and oxygen atoms in total. The van der Waals surface area contributed by atoms with E-state index in [-0.39, 0.29) is 72.5 Å². The van der Waals surface area contributed by atoms with E-state index in [0.717, 1.165) is 0 Å². The van der Waals surface area contributed by atoms with Gasteiger partial charge in [0.1, 0.15) is 24.1 Å². The summed E-state index contributed by atoms with van der Waals surface area (Å²) >= 11 is 4.71. The Balaban J connectivity index is 0.00000533. The number of fused-ring (bicyclic) bond motifs is 1. The summed E-state index contributed by atoms with van der Waals surface area (Å²) < 4.78 is 16.4. The fourth-order valence-electron chi connectivity index (χ4n) is 3.92. The molecule has 0 fully saturated rings. The number of aryl methyl sites for hydroxylation is 1. The Kier molecular flexibility index (Phi) is 12.3. The monoisotopic (exact) mass is 649 g/mol. The molecule has 1 aromatic carbocycles. The molecule has 39 heavy (non-hydrogen) atoms. The van der Waals surface area contributed by atoms with E-state index in [2.05, 4.69) is 31.4 Å². The van der Waals surface area contributed by atoms with E-state index in [1.54, 1.807) is 6.92 Å². The van der Waals surface area contributed by atoms with Crippen molar-refractivity contribution in [2.24, 2.45) is 11.7 Å². The standard InChI is InChI=1S/C24H32BrN5O7S.ClH/c1-12(2)7-15(26)23(33)30-5-6-36-24(34)20-14(17(31)8-18(35-4)21(20)25)10-38-11-16(28-19(32)9-30)22-27-13(3)29-37-22;/h8,12,15-16,31H,5-7,9-11,26H2,1-4H3,(H,28,32);1H/t15-,16+;/m1./s1. The number of nitrogens with one attached hydrogen (secondary N) is 1. The number of nitrogens with two attached hydrogens (primary N) is 1. The molecule has 0 saturated heterocycles. The van der Waals surface area contributed by atoms with Gasteiger partial charge in [-0.3, -0.25) is 9.59 Å². The van der Waals surface area contributed by atoms with Gasteiger partial charge in [0.2, 0.25) is 17.7 Å². The number of esters is 1. The molecule has 1 aliphatic heterocycles. The molecule has 2 aromatic rings. The quantitative estimate of drug-likeness (QED) is 0.407. The van der Waals surface area contributed by atoms with E-state index in [4.69, 9.17) is 19.7 Å². The van der Waals surface area contributed by atoms with E-state index in [1.165, 1.54) is 29.8 Å². The number of hydrogen-bond acceptors (Lipinski definition) is 11. The van der Waals surface area contributed by atoms with Crippen LogP contribution in [-0.2, 0) is 20.1 Å². The first-order chi connectivity index (χ1) is 18.0. The number of phenolic OH excluding ortho intramolecular Hbond substituents is 1. The van der Waals surface area contributed by atoms with Crippen LogP contribution in [0.25, 0.3) is 0 Å². The molecule has 2 amide bonds. The number of halogens is 2. The van der Waals surface area contributed by atoms with E-state index < -0.39 is 29.9 Å². The number of aromatic hydroxyl groups is 1. The highest BCUT2D eigenvalue weighted by Gasteiger charge is 2.29. The summed E-state index contributed by atoms with van der Waals surface area (Å²) in [5, 5.41) is 17.4. The summed E-state index contributed by atoms with van der Waals surface area (Å²) in [6.45, 7) is 4.98. The predicted molar refractivity (Wildman–Crippen MR) is 150 cm³/mol. The van der Waals surface area contributed by atoms with Gasteiger partial charge in [0.25, 0.3) is 0 Å². The molecular formula is C24H33BrClN5O7S. The molecule has 0 saturated carbocycles. The van der Waals surface area contributed by atoms with Gasteiger partial charge in [0.15, 0.2) is 5.82 Å². The van der Waals surface area contributed by atoms with E-state index >= 15 is 0 Å². The summed E-state index contributed by atoms with van der Waals surface area (Å²) in [5.41, 5.74) is 6.55. The summed E-state index contributed by atoms with van der Waals surface area (Å²) in [6.07, 6.45) is 0.427. The highest BCUT2D eigenvalue weighted by atomic mass is 79.9. The van der Waals surface area contributed by atoms with Crippen LogP contribution in [0, 0.1) is 12.8 Å². The van der Waals surface area contributed by atoms with Crippen LogP contribution in [0.2, 0.25) is 0 Å². The Morgan fingerprint density at radius 1 is 1.41 bits per heavy atom. The summed E-state index contributed by atoms with van der Waals surface area (Å²) in [6, 6.07) is -0.104. The molecule has 216 valence electrons. The van der Waals surface area contributed by atoms with Gasteiger partial charge in [-0.1, -0.05) is 19.0 Å². The van der Waals surface area contributed by atoms with Crippen LogP contribution in [0.3, 0.4) is 0 Å². The van der Waals surface area contributed by atoms with Crippen molar-refractivity contribution < 1.29 is 33.5 Å². The fourth-order valence-corrected chi connectivity index (χ4v) is 5.67. The Morgan fingerprint density at radius 3 is 2.74 bits per heavy atom. The van der Waals surface area contributed by atoms with Crippen molar-refractivity contribution in [1.29, 1.82) is 0 Å². The van der Waals surface area contributed by atoms with Crippen LogP contribution in [0.1, 0.15) is 53.9 Å². The second-order valence-corrected chi connectivity index (χ2v) is 11.0. The molecule has 0 spiro atoms. The lowest BCUT2D eigenvalue weighted by atomic mass is 10.0. The van der Waals surface area contributed by atoms with Crippen molar-refractivity contribution in [1.82, 2.24) is 20.4 Å². The van der Waals surface area contributed by atoms with Gasteiger partial charge in [0, 0.05) is 23.1 Å². The minimum absolute atomic E-state index is 0. The predicted octanol–water partition coefficient (Wildman–Crippen LogP) is 2.74. The van der Waals surface area contributed by atoms with Gasteiger partial charge in [0.05, 0.1) is 36.3 Å². The van der Waals surface area contributed by atoms with E-state index in [0.29, 0.717) is 22.3 Å². The Labute approximate surface area is 245 Å². The lowest BCUT2D eigenvalue weighted by Crippen LogP contribution is -2.50. The normalized spacial score (nSPS) is 17.8. The highest BCUT2D eigenvalue weighted by molar-refractivity contribution is 9.10. The van der Waals surface area contributed by atoms with E-state index in [9.17, 15) is 19.5 Å². The van der Waals surface area contributed by atoms with Gasteiger partial charge >= 0.3 is 5.97 Å². The molecule has 15 heteroatoms. The van der Waals surface area contributed by atoms with Crippen molar-refractivity contribution in [3.05, 3.63) is 33.4 Å². The van der Waals surface area contributed by atoms with Gasteiger partial charge < -0.3 is 35.1 Å². The number of hydrogen-bond donors (Lipinski definition) is 3. The summed E-state index contributed by atoms with van der Waals surface area (Å²) in [4.78, 5) is 44.8. The minimum Gasteiger partial charge on any atom is -0.507 e. The largest absolute Gasteiger partial charge is 0.507 e. The first-order valence-electron chi connectivity index (χ1n) is 12.0. The number of ether oxygens (including phenoxy) is 2. The number of aromatic nitrogens is 2. The molecule has 3 rings (SSSR count). The third kappa shape index (κ3) is 8.47. The number of carbonyl (C=O) groups excluding carboxylic acids is 3. The van der Waals surface area contributed by atoms with Gasteiger partial charge in [-0.05, 0) is 35.2 Å². The molecule has 0 radical (unpaired) electrons. The molecular weight excluding hydrogens is 618 g/mol. The Bertz CT molecular complexity index is 1180. The van der Waals surface area contributed by atoms with Crippen molar-refractivity contribution in [2.75, 3.05) is 32.6 Å². The average Bonchev–Trinajstić information content (AvgIpc) is 3.29. The molecule has 1 aliphatic rings. The summed E-state index contributed by atoms with van der Waals surface area (Å²) in [7, 11) is 1.42. The first-order valence-corrected chi connectivity index (χ1v) is 13.9. The average molecular weight is 651 g/mol. The molecule has 4 N–H and O–H groups in total. The maximum absolute atomic E-state index is 13.2. The molecule has 1 aromatic heterocycles. The van der Waals surface area contributed by atoms with Gasteiger partial charge in [-0.2, -0.15) is 16.7 Å². The lowest BCUT2D eigenvalue weighted by molar-refractivity contribution is -0.138. The number of carbonyl (C=O) groups is 3. The zero-order valence-electron chi connectivity index (χ0n) is 22.1. The number of cyclic esters (lactones) is 1. The number of nitrogens with zero attached hydrogens (tertiary/aromatic N) is 3. The second kappa shape index (κ2) is 14.7. The zero-order chi connectivity index (χ0) is 28.0. The second-order valence-electron chi connectivity index (χ2n) is 9.21. The van der Waals surface area contributed by atoms with Crippen molar-refractivity contribution in [3.8, 4) is 11.5 Å². The van der Waals surface area contributed by atoms with Crippen molar-refractivity contribution >= 4 is 57.9 Å². The number of benzene rings is 1. The van der Waals surface area contributed by atoms with Crippen LogP contribution in [0.4, 0.5) is 0 Å². The van der Waals surface area contributed by atoms with Gasteiger partial charge in [-0.25, -0.2) is 4.79 Å². The third-order valence-electron chi connectivity index (χ3n) is 5.73. The third-order valence-corrected chi connectivity index (χ3v) is 7.58. The number of rotatable bonds is 5. The maximum Gasteiger partial charge on any atom is 0.339 e. The Hall–Kier alpha value is -2.55. The van der Waals surface area contributed by atoms with Crippen molar-refractivity contribution in [2.45, 2.75) is 45.0 Å². The fraction of sp³-hybridized carbons (Fsp3) is 0.542. The van der Waals surface area contributed by atoms with Crippen LogP contribution in [0.5, 0.6) is 11.5 Å². The number of methoxy groups -OCH3 is 1. The van der Waals surface area contributed by atoms with Crippen LogP contribution in [-0.4, -0.2) is 76.5 Å². The number of phenols is 1. The van der Waals surface area contributed by atoms with Crippen LogP contribution < -0.4 is 15.8 Å². The summed E-state index contributed by atoms with van der Waals surface area (Å²) in [5.74, 6) is -0.270. The number of thioether (sulfide) groups is 1. The number of amides is 2.